The van der Waals surface area contributed by atoms with E-state index >= 15 is 0 Å². The van der Waals surface area contributed by atoms with Crippen molar-refractivity contribution < 1.29 is 14.3 Å². The first-order valence-corrected chi connectivity index (χ1v) is 13.5. The average Bonchev–Trinajstić information content (AvgIpc) is 3.21. The maximum atomic E-state index is 13.4. The topological polar surface area (TPSA) is 62.5 Å². The van der Waals surface area contributed by atoms with Crippen molar-refractivity contribution in [3.05, 3.63) is 112 Å². The molecule has 0 fully saturated rings. The lowest BCUT2D eigenvalue weighted by Crippen LogP contribution is -2.34. The van der Waals surface area contributed by atoms with Crippen molar-refractivity contribution in [2.24, 2.45) is 0 Å². The zero-order chi connectivity index (χ0) is 26.4. The highest BCUT2D eigenvalue weighted by Crippen LogP contribution is 2.38. The van der Waals surface area contributed by atoms with Gasteiger partial charge in [-0.05, 0) is 47.0 Å². The lowest BCUT2D eigenvalue weighted by Gasteiger charge is -2.29. The Morgan fingerprint density at radius 2 is 1.76 bits per heavy atom. The summed E-state index contributed by atoms with van der Waals surface area (Å²) in [5.41, 5.74) is 4.39. The zero-order valence-corrected chi connectivity index (χ0v) is 22.7. The van der Waals surface area contributed by atoms with Crippen LogP contribution in [-0.2, 0) is 22.6 Å². The fraction of sp³-hybridized carbons (Fsp3) is 0.226. The minimum absolute atomic E-state index is 0.0632. The van der Waals surface area contributed by atoms with Gasteiger partial charge in [0.1, 0.15) is 11.9 Å². The maximum absolute atomic E-state index is 13.4. The smallest absolute Gasteiger partial charge is 0.329 e. The zero-order valence-electron chi connectivity index (χ0n) is 21.1. The molecule has 1 aromatic heterocycles. The normalized spacial score (nSPS) is 17.4. The fourth-order valence-electron chi connectivity index (χ4n) is 5.33. The molecule has 0 saturated carbocycles. The number of hydrogen-bond acceptors (Lipinski definition) is 4. The number of fused-ring (bicyclic) bond motifs is 1. The van der Waals surface area contributed by atoms with Crippen LogP contribution in [0, 0.1) is 0 Å². The van der Waals surface area contributed by atoms with Crippen LogP contribution in [-0.4, -0.2) is 27.0 Å². The highest BCUT2D eigenvalue weighted by Gasteiger charge is 2.35. The average molecular weight is 571 g/mol. The van der Waals surface area contributed by atoms with Gasteiger partial charge in [0.15, 0.2) is 0 Å². The fourth-order valence-corrected chi connectivity index (χ4v) is 6.01. The molecule has 1 unspecified atom stereocenters. The molecule has 192 valence electrons. The van der Waals surface area contributed by atoms with Crippen LogP contribution in [0.5, 0.6) is 5.75 Å². The third kappa shape index (κ3) is 4.21. The molecule has 4 aromatic carbocycles. The Morgan fingerprint density at radius 1 is 1.00 bits per heavy atom. The summed E-state index contributed by atoms with van der Waals surface area (Å²) in [7, 11) is 1.65. The van der Waals surface area contributed by atoms with Gasteiger partial charge in [0.05, 0.1) is 35.4 Å². The number of para-hydroxylation sites is 1. The van der Waals surface area contributed by atoms with E-state index in [2.05, 4.69) is 15.9 Å². The van der Waals surface area contributed by atoms with Gasteiger partial charge in [-0.3, -0.25) is 13.9 Å². The van der Waals surface area contributed by atoms with Gasteiger partial charge in [0, 0.05) is 12.1 Å². The maximum Gasteiger partial charge on any atom is 0.329 e. The number of nitrogens with zero attached hydrogens (tertiary/aromatic N) is 2. The van der Waals surface area contributed by atoms with Gasteiger partial charge in [0.2, 0.25) is 0 Å². The quantitative estimate of drug-likeness (QED) is 0.181. The van der Waals surface area contributed by atoms with E-state index in [-0.39, 0.29) is 16.5 Å². The lowest BCUT2D eigenvalue weighted by molar-refractivity contribution is -0.151. The predicted octanol–water partition coefficient (Wildman–Crippen LogP) is 6.18. The summed E-state index contributed by atoms with van der Waals surface area (Å²) in [6.45, 7) is 2.76. The van der Waals surface area contributed by atoms with Crippen molar-refractivity contribution in [3.63, 3.8) is 0 Å². The Hall–Kier alpha value is -3.84. The highest BCUT2D eigenvalue weighted by atomic mass is 79.9. The van der Waals surface area contributed by atoms with Crippen LogP contribution in [0.1, 0.15) is 35.6 Å². The van der Waals surface area contributed by atoms with Crippen LogP contribution < -0.4 is 10.4 Å². The molecule has 1 aliphatic heterocycles. The summed E-state index contributed by atoms with van der Waals surface area (Å²) in [6.07, 6.45) is -0.509. The summed E-state index contributed by atoms with van der Waals surface area (Å²) in [6, 6.07) is 27.6. The van der Waals surface area contributed by atoms with Gasteiger partial charge in [-0.2, -0.15) is 0 Å². The van der Waals surface area contributed by atoms with E-state index in [1.54, 1.807) is 16.2 Å². The highest BCUT2D eigenvalue weighted by molar-refractivity contribution is 9.09. The second-order valence-electron chi connectivity index (χ2n) is 9.75. The van der Waals surface area contributed by atoms with Crippen LogP contribution in [0.4, 0.5) is 0 Å². The first-order chi connectivity index (χ1) is 18.4. The van der Waals surface area contributed by atoms with Crippen molar-refractivity contribution in [2.75, 3.05) is 7.11 Å². The number of carbonyl (C=O) groups is 1. The third-order valence-corrected chi connectivity index (χ3v) is 8.18. The minimum Gasteiger partial charge on any atom is -0.497 e. The molecule has 5 aromatic rings. The number of esters is 1. The molecule has 0 aliphatic carbocycles. The van der Waals surface area contributed by atoms with Gasteiger partial charge >= 0.3 is 11.7 Å². The predicted molar refractivity (Wildman–Crippen MR) is 152 cm³/mol. The molecule has 2 heterocycles. The molecule has 0 bridgehead atoms. The van der Waals surface area contributed by atoms with Crippen molar-refractivity contribution in [1.82, 2.24) is 9.13 Å². The van der Waals surface area contributed by atoms with E-state index in [1.807, 2.05) is 91.9 Å². The Morgan fingerprint density at radius 3 is 2.55 bits per heavy atom. The second kappa shape index (κ2) is 9.80. The molecule has 0 spiro atoms. The summed E-state index contributed by atoms with van der Waals surface area (Å²) < 4.78 is 15.1. The number of methoxy groups -OCH3 is 1. The number of aromatic nitrogens is 2. The number of halogens is 1. The Balaban J connectivity index is 1.31. The van der Waals surface area contributed by atoms with Crippen LogP contribution in [0.2, 0.25) is 0 Å². The van der Waals surface area contributed by atoms with Crippen molar-refractivity contribution in [2.45, 2.75) is 36.9 Å². The molecule has 0 saturated heterocycles. The standard InChI is InChI=1S/C31H27BrN2O4/c1-19(21-11-12-23-16-24(37-2)14-13-22(23)15-21)30(35)38-29-25-9-6-10-27-28(25)34(18-26(29)32)31(36)33(27)17-20-7-4-3-5-8-20/h3-16,19,26,29H,17-18H2,1-2H3/t19-,26?,29-/m1/s1. The summed E-state index contributed by atoms with van der Waals surface area (Å²) in [5, 5.41) is 2.08. The van der Waals surface area contributed by atoms with E-state index in [1.165, 1.54) is 0 Å². The largest absolute Gasteiger partial charge is 0.497 e. The molecular formula is C31H27BrN2O4. The van der Waals surface area contributed by atoms with E-state index in [0.29, 0.717) is 13.1 Å². The van der Waals surface area contributed by atoms with Crippen LogP contribution in [0.25, 0.3) is 21.8 Å². The second-order valence-corrected chi connectivity index (χ2v) is 10.9. The molecule has 1 aliphatic rings. The first kappa shape index (κ1) is 24.5. The van der Waals surface area contributed by atoms with Crippen molar-refractivity contribution in [1.29, 1.82) is 0 Å². The molecule has 0 amide bonds. The van der Waals surface area contributed by atoms with E-state index in [4.69, 9.17) is 9.47 Å². The number of imidazole rings is 1. The van der Waals surface area contributed by atoms with Crippen LogP contribution in [0.3, 0.4) is 0 Å². The summed E-state index contributed by atoms with van der Waals surface area (Å²) in [4.78, 5) is 26.6. The van der Waals surface area contributed by atoms with E-state index < -0.39 is 12.0 Å². The number of benzene rings is 4. The number of rotatable bonds is 6. The lowest BCUT2D eigenvalue weighted by atomic mass is 9.97. The van der Waals surface area contributed by atoms with Gasteiger partial charge in [-0.1, -0.05) is 82.7 Å². The number of hydrogen-bond donors (Lipinski definition) is 0. The molecular weight excluding hydrogens is 544 g/mol. The van der Waals surface area contributed by atoms with Crippen LogP contribution >= 0.6 is 15.9 Å². The summed E-state index contributed by atoms with van der Waals surface area (Å²) >= 11 is 3.72. The van der Waals surface area contributed by atoms with Gasteiger partial charge in [-0.15, -0.1) is 0 Å². The molecule has 3 atom stereocenters. The number of ether oxygens (including phenoxy) is 2. The molecule has 0 N–H and O–H groups in total. The number of alkyl halides is 1. The molecule has 6 nitrogen and oxygen atoms in total. The van der Waals surface area contributed by atoms with Gasteiger partial charge in [0.25, 0.3) is 0 Å². The summed E-state index contributed by atoms with van der Waals surface area (Å²) in [5.74, 6) is 0.0413. The number of carbonyl (C=O) groups excluding carboxylic acids is 1. The Kier molecular flexibility index (Phi) is 6.32. The van der Waals surface area contributed by atoms with Gasteiger partial charge in [-0.25, -0.2) is 4.79 Å². The van der Waals surface area contributed by atoms with E-state index in [9.17, 15) is 9.59 Å². The monoisotopic (exact) mass is 570 g/mol. The Bertz CT molecular complexity index is 1720. The molecule has 7 heteroatoms. The van der Waals surface area contributed by atoms with E-state index in [0.717, 1.165) is 44.2 Å². The van der Waals surface area contributed by atoms with Crippen LogP contribution in [0.15, 0.2) is 89.7 Å². The molecule has 0 radical (unpaired) electrons. The first-order valence-electron chi connectivity index (χ1n) is 12.6. The third-order valence-electron chi connectivity index (χ3n) is 7.41. The van der Waals surface area contributed by atoms with Crippen molar-refractivity contribution in [3.8, 4) is 5.75 Å². The minimum atomic E-state index is -0.509. The van der Waals surface area contributed by atoms with Gasteiger partial charge < -0.3 is 9.47 Å². The SMILES string of the molecule is COc1ccc2cc([C@@H](C)C(=O)O[C@@H]3c4cccc5c4n(c(=O)n5Cc4ccccc4)CC3Br)ccc2c1. The molecule has 38 heavy (non-hydrogen) atoms. The van der Waals surface area contributed by atoms with Crippen molar-refractivity contribution >= 4 is 43.7 Å². The Labute approximate surface area is 228 Å². The molecule has 6 rings (SSSR count).